The molecule has 76 valence electrons. The number of carboxylic acids is 1. The summed E-state index contributed by atoms with van der Waals surface area (Å²) in [5.41, 5.74) is -0.0446. The Morgan fingerprint density at radius 3 is 2.73 bits per heavy atom. The van der Waals surface area contributed by atoms with Crippen molar-refractivity contribution in [3.05, 3.63) is 43.8 Å². The van der Waals surface area contributed by atoms with Crippen molar-refractivity contribution in [3.8, 4) is 0 Å². The van der Waals surface area contributed by atoms with Crippen molar-refractivity contribution in [2.75, 3.05) is 0 Å². The van der Waals surface area contributed by atoms with Gasteiger partial charge in [-0.25, -0.2) is 4.79 Å². The summed E-state index contributed by atoms with van der Waals surface area (Å²) in [4.78, 5) is 22.1. The van der Waals surface area contributed by atoms with E-state index in [-0.39, 0.29) is 11.2 Å². The molecule has 0 atom stereocenters. The van der Waals surface area contributed by atoms with E-state index in [0.717, 1.165) is 9.64 Å². The Hall–Kier alpha value is -1.37. The third-order valence-electron chi connectivity index (χ3n) is 1.90. The minimum Gasteiger partial charge on any atom is -0.475 e. The van der Waals surface area contributed by atoms with Gasteiger partial charge in [0.15, 0.2) is 5.43 Å². The maximum Gasteiger partial charge on any atom is 0.371 e. The largest absolute Gasteiger partial charge is 0.475 e. The summed E-state index contributed by atoms with van der Waals surface area (Å²) in [6, 6.07) is 6.00. The van der Waals surface area contributed by atoms with Gasteiger partial charge in [-0.1, -0.05) is 0 Å². The fourth-order valence-corrected chi connectivity index (χ4v) is 1.70. The fraction of sp³-hybridized carbons (Fsp3) is 0. The first kappa shape index (κ1) is 10.2. The SMILES string of the molecule is O=C(O)c1cc(=O)c2ccc(I)cc2o1. The molecule has 0 aliphatic heterocycles. The first-order valence-electron chi connectivity index (χ1n) is 4.04. The number of rotatable bonds is 1. The van der Waals surface area contributed by atoms with Crippen LogP contribution in [0.4, 0.5) is 0 Å². The third kappa shape index (κ3) is 1.87. The van der Waals surface area contributed by atoms with Crippen molar-refractivity contribution in [2.45, 2.75) is 0 Å². The predicted octanol–water partition coefficient (Wildman–Crippen LogP) is 2.10. The fourth-order valence-electron chi connectivity index (χ4n) is 1.23. The molecule has 0 bridgehead atoms. The number of carboxylic acid groups (broad SMARTS) is 1. The first-order valence-corrected chi connectivity index (χ1v) is 5.12. The van der Waals surface area contributed by atoms with Gasteiger partial charge in [-0.15, -0.1) is 0 Å². The molecule has 0 fully saturated rings. The second-order valence-electron chi connectivity index (χ2n) is 2.92. The number of aromatic carboxylic acids is 1. The van der Waals surface area contributed by atoms with E-state index in [1.807, 2.05) is 0 Å². The minimum atomic E-state index is -1.24. The highest BCUT2D eigenvalue weighted by molar-refractivity contribution is 14.1. The van der Waals surface area contributed by atoms with Crippen LogP contribution >= 0.6 is 22.6 Å². The maximum absolute atomic E-state index is 11.5. The van der Waals surface area contributed by atoms with Gasteiger partial charge in [-0.05, 0) is 40.8 Å². The summed E-state index contributed by atoms with van der Waals surface area (Å²) in [7, 11) is 0. The Bertz CT molecular complexity index is 600. The molecule has 0 aliphatic carbocycles. The van der Waals surface area contributed by atoms with Crippen molar-refractivity contribution in [1.29, 1.82) is 0 Å². The smallest absolute Gasteiger partial charge is 0.371 e. The van der Waals surface area contributed by atoms with Gasteiger partial charge in [0.05, 0.1) is 5.39 Å². The summed E-state index contributed by atoms with van der Waals surface area (Å²) >= 11 is 2.06. The Kier molecular flexibility index (Phi) is 2.47. The van der Waals surface area contributed by atoms with Gasteiger partial charge < -0.3 is 9.52 Å². The molecule has 0 spiro atoms. The number of benzene rings is 1. The molecular formula is C10H5IO4. The molecule has 2 rings (SSSR count). The molecule has 1 aromatic carbocycles. The molecule has 0 saturated heterocycles. The van der Waals surface area contributed by atoms with Crippen LogP contribution in [0.25, 0.3) is 11.0 Å². The molecule has 5 heteroatoms. The highest BCUT2D eigenvalue weighted by Gasteiger charge is 2.10. The van der Waals surface area contributed by atoms with Crippen LogP contribution in [0.2, 0.25) is 0 Å². The number of hydrogen-bond acceptors (Lipinski definition) is 3. The van der Waals surface area contributed by atoms with Gasteiger partial charge in [0.25, 0.3) is 0 Å². The standard InChI is InChI=1S/C10H5IO4/c11-5-1-2-6-7(12)4-9(10(13)14)15-8(6)3-5/h1-4H,(H,13,14). The van der Waals surface area contributed by atoms with Crippen LogP contribution in [0.15, 0.2) is 33.5 Å². The van der Waals surface area contributed by atoms with Gasteiger partial charge in [-0.3, -0.25) is 4.79 Å². The average Bonchev–Trinajstić information content (AvgIpc) is 2.16. The summed E-state index contributed by atoms with van der Waals surface area (Å²) in [5.74, 6) is -1.58. The van der Waals surface area contributed by atoms with Crippen molar-refractivity contribution in [2.24, 2.45) is 0 Å². The zero-order valence-corrected chi connectivity index (χ0v) is 9.52. The third-order valence-corrected chi connectivity index (χ3v) is 2.57. The summed E-state index contributed by atoms with van der Waals surface area (Å²) in [6.07, 6.45) is 0. The van der Waals surface area contributed by atoms with Crippen molar-refractivity contribution >= 4 is 39.5 Å². The van der Waals surface area contributed by atoms with E-state index in [1.165, 1.54) is 0 Å². The van der Waals surface area contributed by atoms with Crippen LogP contribution in [0.5, 0.6) is 0 Å². The Balaban J connectivity index is 2.85. The quantitative estimate of drug-likeness (QED) is 0.818. The van der Waals surface area contributed by atoms with Gasteiger partial charge in [0.1, 0.15) is 5.58 Å². The molecule has 2 aromatic rings. The Morgan fingerprint density at radius 1 is 1.33 bits per heavy atom. The van der Waals surface area contributed by atoms with Crippen molar-refractivity contribution in [3.63, 3.8) is 0 Å². The van der Waals surface area contributed by atoms with E-state index >= 15 is 0 Å². The maximum atomic E-state index is 11.5. The number of halogens is 1. The van der Waals surface area contributed by atoms with Gasteiger partial charge in [-0.2, -0.15) is 0 Å². The zero-order valence-electron chi connectivity index (χ0n) is 7.36. The van der Waals surface area contributed by atoms with Crippen molar-refractivity contribution < 1.29 is 14.3 Å². The van der Waals surface area contributed by atoms with Crippen LogP contribution < -0.4 is 5.43 Å². The molecule has 0 aliphatic rings. The van der Waals surface area contributed by atoms with Gasteiger partial charge in [0, 0.05) is 9.64 Å². The lowest BCUT2D eigenvalue weighted by molar-refractivity contribution is 0.0663. The van der Waals surface area contributed by atoms with Crippen LogP contribution in [0.3, 0.4) is 0 Å². The number of fused-ring (bicyclic) bond motifs is 1. The molecule has 0 radical (unpaired) electrons. The molecule has 1 aromatic heterocycles. The molecule has 1 heterocycles. The molecule has 0 amide bonds. The highest BCUT2D eigenvalue weighted by Crippen LogP contribution is 2.15. The lowest BCUT2D eigenvalue weighted by Crippen LogP contribution is -2.06. The minimum absolute atomic E-state index is 0.298. The van der Waals surface area contributed by atoms with Gasteiger partial charge >= 0.3 is 5.97 Å². The van der Waals surface area contributed by atoms with Crippen LogP contribution in [-0.2, 0) is 0 Å². The second-order valence-corrected chi connectivity index (χ2v) is 4.17. The van der Waals surface area contributed by atoms with E-state index in [4.69, 9.17) is 9.52 Å². The number of hydrogen-bond donors (Lipinski definition) is 1. The summed E-state index contributed by atoms with van der Waals surface area (Å²) in [5, 5.41) is 9.09. The summed E-state index contributed by atoms with van der Waals surface area (Å²) < 4.78 is 5.96. The van der Waals surface area contributed by atoms with Crippen molar-refractivity contribution in [1.82, 2.24) is 0 Å². The normalized spacial score (nSPS) is 10.5. The van der Waals surface area contributed by atoms with E-state index in [2.05, 4.69) is 22.6 Å². The van der Waals surface area contributed by atoms with E-state index in [0.29, 0.717) is 11.0 Å². The van der Waals surface area contributed by atoms with E-state index in [1.54, 1.807) is 18.2 Å². The lowest BCUT2D eigenvalue weighted by atomic mass is 10.2. The summed E-state index contributed by atoms with van der Waals surface area (Å²) in [6.45, 7) is 0. The molecule has 0 unspecified atom stereocenters. The zero-order chi connectivity index (χ0) is 11.0. The topological polar surface area (TPSA) is 67.5 Å². The molecular weight excluding hydrogens is 311 g/mol. The van der Waals surface area contributed by atoms with Crippen LogP contribution in [-0.4, -0.2) is 11.1 Å². The molecule has 4 nitrogen and oxygen atoms in total. The molecule has 0 saturated carbocycles. The van der Waals surface area contributed by atoms with Gasteiger partial charge in [0.2, 0.25) is 5.76 Å². The Labute approximate surface area is 97.7 Å². The lowest BCUT2D eigenvalue weighted by Gasteiger charge is -1.98. The van der Waals surface area contributed by atoms with E-state index in [9.17, 15) is 9.59 Å². The Morgan fingerprint density at radius 2 is 2.07 bits per heavy atom. The first-order chi connectivity index (χ1) is 7.08. The number of carbonyl (C=O) groups is 1. The second kappa shape index (κ2) is 3.65. The monoisotopic (exact) mass is 316 g/mol. The molecule has 1 N–H and O–H groups in total. The highest BCUT2D eigenvalue weighted by atomic mass is 127. The predicted molar refractivity (Wildman–Crippen MR) is 62.2 cm³/mol. The van der Waals surface area contributed by atoms with E-state index < -0.39 is 5.97 Å². The van der Waals surface area contributed by atoms with Crippen LogP contribution in [0, 0.1) is 3.57 Å². The average molecular weight is 316 g/mol. The molecule has 15 heavy (non-hydrogen) atoms. The van der Waals surface area contributed by atoms with Crippen LogP contribution in [0.1, 0.15) is 10.6 Å².